The van der Waals surface area contributed by atoms with E-state index in [1.54, 1.807) is 42.6 Å². The van der Waals surface area contributed by atoms with E-state index in [4.69, 9.17) is 9.47 Å². The summed E-state index contributed by atoms with van der Waals surface area (Å²) in [5, 5.41) is 0. The van der Waals surface area contributed by atoms with Gasteiger partial charge >= 0.3 is 0 Å². The Hall–Kier alpha value is -2.16. The largest absolute Gasteiger partial charge is 0.356 e. The maximum atomic E-state index is 12.4. The molecular weight excluding hydrogens is 354 g/mol. The first-order valence-corrected chi connectivity index (χ1v) is 10.1. The minimum Gasteiger partial charge on any atom is -0.356 e. The second-order valence-electron chi connectivity index (χ2n) is 6.42. The summed E-state index contributed by atoms with van der Waals surface area (Å²) < 4.78 is 38.7. The van der Waals surface area contributed by atoms with E-state index in [0.29, 0.717) is 18.9 Å². The third kappa shape index (κ3) is 3.53. The number of aromatic nitrogens is 1. The molecule has 1 aromatic carbocycles. The molecular formula is C18H21N3O4S. The van der Waals surface area contributed by atoms with E-state index in [9.17, 15) is 8.42 Å². The molecule has 2 aliphatic rings. The van der Waals surface area contributed by atoms with Crippen LogP contribution in [0.3, 0.4) is 0 Å². The molecule has 3 heterocycles. The van der Waals surface area contributed by atoms with Crippen LogP contribution >= 0.6 is 0 Å². The molecule has 0 aliphatic carbocycles. The molecule has 8 heteroatoms. The molecule has 7 nitrogen and oxygen atoms in total. The Kier molecular flexibility index (Phi) is 4.56. The van der Waals surface area contributed by atoms with Crippen LogP contribution in [0.4, 0.5) is 11.5 Å². The summed E-state index contributed by atoms with van der Waals surface area (Å²) in [5.74, 6) is 0.405. The van der Waals surface area contributed by atoms with Crippen molar-refractivity contribution < 1.29 is 17.9 Å². The highest BCUT2D eigenvalue weighted by atomic mass is 32.2. The van der Waals surface area contributed by atoms with Gasteiger partial charge in [-0.25, -0.2) is 13.4 Å². The first kappa shape index (κ1) is 17.3. The molecule has 4 rings (SSSR count). The minimum atomic E-state index is -3.60. The molecule has 138 valence electrons. The monoisotopic (exact) mass is 375 g/mol. The molecule has 2 aliphatic heterocycles. The molecule has 2 aromatic rings. The molecule has 0 unspecified atom stereocenters. The van der Waals surface area contributed by atoms with Gasteiger partial charge in [-0.15, -0.1) is 0 Å². The number of nitrogens with one attached hydrogen (secondary N) is 1. The quantitative estimate of drug-likeness (QED) is 0.883. The SMILES string of the molecule is O=S(=O)(Nc1ccc(N2CCC3(CC2)OCCO3)nc1)c1ccccc1. The van der Waals surface area contributed by atoms with Crippen molar-refractivity contribution in [3.05, 3.63) is 48.7 Å². The number of hydrogen-bond acceptors (Lipinski definition) is 6. The molecule has 0 radical (unpaired) electrons. The Labute approximate surface area is 153 Å². The van der Waals surface area contributed by atoms with Gasteiger partial charge in [-0.05, 0) is 24.3 Å². The molecule has 0 saturated carbocycles. The summed E-state index contributed by atoms with van der Waals surface area (Å²) in [6.07, 6.45) is 3.15. The van der Waals surface area contributed by atoms with Crippen LogP contribution in [0.5, 0.6) is 0 Å². The molecule has 2 saturated heterocycles. The molecule has 1 spiro atoms. The van der Waals surface area contributed by atoms with E-state index in [-0.39, 0.29) is 4.90 Å². The zero-order valence-corrected chi connectivity index (χ0v) is 15.1. The summed E-state index contributed by atoms with van der Waals surface area (Å²) >= 11 is 0. The molecule has 1 aromatic heterocycles. The lowest BCUT2D eigenvalue weighted by atomic mass is 10.0. The zero-order chi connectivity index (χ0) is 18.0. The molecule has 0 bridgehead atoms. The summed E-state index contributed by atoms with van der Waals surface area (Å²) in [6.45, 7) is 2.91. The smallest absolute Gasteiger partial charge is 0.261 e. The van der Waals surface area contributed by atoms with Crippen molar-refractivity contribution in [1.29, 1.82) is 0 Å². The average Bonchev–Trinajstić information content (AvgIpc) is 3.12. The molecule has 26 heavy (non-hydrogen) atoms. The van der Waals surface area contributed by atoms with Crippen LogP contribution < -0.4 is 9.62 Å². The number of hydrogen-bond donors (Lipinski definition) is 1. The van der Waals surface area contributed by atoms with Gasteiger partial charge in [-0.3, -0.25) is 4.72 Å². The Morgan fingerprint density at radius 1 is 1.00 bits per heavy atom. The first-order valence-electron chi connectivity index (χ1n) is 8.63. The Morgan fingerprint density at radius 2 is 1.69 bits per heavy atom. The van der Waals surface area contributed by atoms with Gasteiger partial charge in [0, 0.05) is 25.9 Å². The lowest BCUT2D eigenvalue weighted by Gasteiger charge is -2.38. The number of sulfonamides is 1. The van der Waals surface area contributed by atoms with Gasteiger partial charge in [0.1, 0.15) is 5.82 Å². The fourth-order valence-corrected chi connectivity index (χ4v) is 4.37. The minimum absolute atomic E-state index is 0.224. The third-order valence-electron chi connectivity index (χ3n) is 4.72. The molecule has 2 fully saturated rings. The Bertz CT molecular complexity index is 840. The number of benzene rings is 1. The van der Waals surface area contributed by atoms with Crippen LogP contribution in [0.2, 0.25) is 0 Å². The number of rotatable bonds is 4. The molecule has 0 amide bonds. The fraction of sp³-hybridized carbons (Fsp3) is 0.389. The van der Waals surface area contributed by atoms with Gasteiger partial charge in [0.2, 0.25) is 0 Å². The first-order chi connectivity index (χ1) is 12.6. The standard InChI is InChI=1S/C18H21N3O4S/c22-26(23,16-4-2-1-3-5-16)20-15-6-7-17(19-14-15)21-10-8-18(9-11-21)24-12-13-25-18/h1-7,14,20H,8-13H2. The van der Waals surface area contributed by atoms with Gasteiger partial charge < -0.3 is 14.4 Å². The van der Waals surface area contributed by atoms with Crippen LogP contribution in [0, 0.1) is 0 Å². The van der Waals surface area contributed by atoms with Gasteiger partial charge in [0.15, 0.2) is 5.79 Å². The lowest BCUT2D eigenvalue weighted by molar-refractivity contribution is -0.169. The predicted molar refractivity (Wildman–Crippen MR) is 97.6 cm³/mol. The van der Waals surface area contributed by atoms with Gasteiger partial charge in [0.05, 0.1) is 30.0 Å². The van der Waals surface area contributed by atoms with E-state index in [1.165, 1.54) is 0 Å². The highest BCUT2D eigenvalue weighted by molar-refractivity contribution is 7.92. The van der Waals surface area contributed by atoms with Gasteiger partial charge in [-0.1, -0.05) is 18.2 Å². The van der Waals surface area contributed by atoms with Crippen molar-refractivity contribution in [2.75, 3.05) is 35.9 Å². The average molecular weight is 375 g/mol. The summed E-state index contributed by atoms with van der Waals surface area (Å²) in [5.41, 5.74) is 0.438. The number of pyridine rings is 1. The number of ether oxygens (including phenoxy) is 2. The van der Waals surface area contributed by atoms with Crippen LogP contribution in [0.1, 0.15) is 12.8 Å². The van der Waals surface area contributed by atoms with Crippen molar-refractivity contribution >= 4 is 21.5 Å². The fourth-order valence-electron chi connectivity index (χ4n) is 3.31. The van der Waals surface area contributed by atoms with Crippen LogP contribution in [0.25, 0.3) is 0 Å². The highest BCUT2D eigenvalue weighted by Gasteiger charge is 2.39. The highest BCUT2D eigenvalue weighted by Crippen LogP contribution is 2.32. The Balaban J connectivity index is 1.41. The Morgan fingerprint density at radius 3 is 2.31 bits per heavy atom. The van der Waals surface area contributed by atoms with Gasteiger partial charge in [0.25, 0.3) is 10.0 Å². The predicted octanol–water partition coefficient (Wildman–Crippen LogP) is 2.23. The topological polar surface area (TPSA) is 80.8 Å². The van der Waals surface area contributed by atoms with Crippen molar-refractivity contribution in [3.63, 3.8) is 0 Å². The van der Waals surface area contributed by atoms with Crippen LogP contribution in [-0.2, 0) is 19.5 Å². The molecule has 1 N–H and O–H groups in total. The number of nitrogens with zero attached hydrogens (tertiary/aromatic N) is 2. The maximum absolute atomic E-state index is 12.4. The van der Waals surface area contributed by atoms with Gasteiger partial charge in [-0.2, -0.15) is 0 Å². The van der Waals surface area contributed by atoms with Crippen molar-refractivity contribution in [1.82, 2.24) is 4.98 Å². The summed E-state index contributed by atoms with van der Waals surface area (Å²) in [4.78, 5) is 6.80. The van der Waals surface area contributed by atoms with E-state index in [1.807, 2.05) is 6.07 Å². The normalized spacial score (nSPS) is 19.6. The third-order valence-corrected chi connectivity index (χ3v) is 6.11. The number of piperidine rings is 1. The lowest BCUT2D eigenvalue weighted by Crippen LogP contribution is -2.45. The maximum Gasteiger partial charge on any atom is 0.261 e. The van der Waals surface area contributed by atoms with Crippen molar-refractivity contribution in [2.24, 2.45) is 0 Å². The van der Waals surface area contributed by atoms with Crippen molar-refractivity contribution in [3.8, 4) is 0 Å². The van der Waals surface area contributed by atoms with Crippen molar-refractivity contribution in [2.45, 2.75) is 23.5 Å². The summed E-state index contributed by atoms with van der Waals surface area (Å²) in [6, 6.07) is 11.8. The second kappa shape index (κ2) is 6.86. The second-order valence-corrected chi connectivity index (χ2v) is 8.10. The zero-order valence-electron chi connectivity index (χ0n) is 14.3. The van der Waals surface area contributed by atoms with E-state index >= 15 is 0 Å². The van der Waals surface area contributed by atoms with E-state index < -0.39 is 15.8 Å². The van der Waals surface area contributed by atoms with Crippen LogP contribution in [-0.4, -0.2) is 45.5 Å². The van der Waals surface area contributed by atoms with E-state index in [2.05, 4.69) is 14.6 Å². The molecule has 0 atom stereocenters. The van der Waals surface area contributed by atoms with E-state index in [0.717, 1.165) is 31.7 Å². The summed E-state index contributed by atoms with van der Waals surface area (Å²) in [7, 11) is -3.60. The van der Waals surface area contributed by atoms with Crippen LogP contribution in [0.15, 0.2) is 53.6 Å². The number of anilines is 2.